The van der Waals surface area contributed by atoms with Crippen LogP contribution in [-0.2, 0) is 6.42 Å². The standard InChI is InChI=1S/C13H16N2O2/c1-3-11-12(15-13(14)17-11)9-5-7-10(8-6-9)16-4-2/h5-8H,3-4H2,1-2H3,(H2,14,15). The number of ether oxygens (including phenoxy) is 1. The first-order valence-electron chi connectivity index (χ1n) is 5.73. The van der Waals surface area contributed by atoms with Crippen LogP contribution in [-0.4, -0.2) is 11.6 Å². The summed E-state index contributed by atoms with van der Waals surface area (Å²) in [5.74, 6) is 1.66. The Morgan fingerprint density at radius 1 is 1.24 bits per heavy atom. The maximum Gasteiger partial charge on any atom is 0.292 e. The molecule has 1 aromatic carbocycles. The molecule has 0 unspecified atom stereocenters. The Morgan fingerprint density at radius 3 is 2.53 bits per heavy atom. The minimum Gasteiger partial charge on any atom is -0.494 e. The highest BCUT2D eigenvalue weighted by Gasteiger charge is 2.11. The Kier molecular flexibility index (Phi) is 3.32. The van der Waals surface area contributed by atoms with Crippen LogP contribution in [0.1, 0.15) is 19.6 Å². The summed E-state index contributed by atoms with van der Waals surface area (Å²) in [6.07, 6.45) is 0.771. The lowest BCUT2D eigenvalue weighted by atomic mass is 10.1. The molecule has 4 nitrogen and oxygen atoms in total. The van der Waals surface area contributed by atoms with Gasteiger partial charge in [0, 0.05) is 12.0 Å². The Hall–Kier alpha value is -1.97. The van der Waals surface area contributed by atoms with Gasteiger partial charge in [0.05, 0.1) is 6.61 Å². The molecule has 0 saturated carbocycles. The third kappa shape index (κ3) is 2.41. The fourth-order valence-electron chi connectivity index (χ4n) is 1.71. The van der Waals surface area contributed by atoms with Gasteiger partial charge in [-0.1, -0.05) is 6.92 Å². The van der Waals surface area contributed by atoms with E-state index in [9.17, 15) is 0 Å². The highest BCUT2D eigenvalue weighted by Crippen LogP contribution is 2.27. The average molecular weight is 232 g/mol. The number of aromatic nitrogens is 1. The number of nitrogens with zero attached hydrogens (tertiary/aromatic N) is 1. The van der Waals surface area contributed by atoms with E-state index in [-0.39, 0.29) is 6.01 Å². The van der Waals surface area contributed by atoms with Gasteiger partial charge in [-0.05, 0) is 31.2 Å². The van der Waals surface area contributed by atoms with Crippen LogP contribution < -0.4 is 10.5 Å². The Labute approximate surface area is 100 Å². The van der Waals surface area contributed by atoms with E-state index in [0.29, 0.717) is 6.61 Å². The van der Waals surface area contributed by atoms with Crippen LogP contribution in [0, 0.1) is 0 Å². The number of aryl methyl sites for hydroxylation is 1. The maximum absolute atomic E-state index is 5.57. The fourth-order valence-corrected chi connectivity index (χ4v) is 1.71. The Morgan fingerprint density at radius 2 is 1.94 bits per heavy atom. The zero-order valence-electron chi connectivity index (χ0n) is 10.1. The molecule has 2 aromatic rings. The van der Waals surface area contributed by atoms with Crippen molar-refractivity contribution in [2.24, 2.45) is 0 Å². The third-order valence-electron chi connectivity index (χ3n) is 2.47. The van der Waals surface area contributed by atoms with E-state index < -0.39 is 0 Å². The van der Waals surface area contributed by atoms with Gasteiger partial charge in [-0.15, -0.1) is 0 Å². The summed E-state index contributed by atoms with van der Waals surface area (Å²) in [5, 5.41) is 0. The van der Waals surface area contributed by atoms with E-state index in [4.69, 9.17) is 14.9 Å². The van der Waals surface area contributed by atoms with Gasteiger partial charge in [-0.3, -0.25) is 0 Å². The molecule has 0 bridgehead atoms. The summed E-state index contributed by atoms with van der Waals surface area (Å²) in [7, 11) is 0. The summed E-state index contributed by atoms with van der Waals surface area (Å²) in [6, 6.07) is 7.97. The number of hydrogen-bond acceptors (Lipinski definition) is 4. The van der Waals surface area contributed by atoms with Crippen LogP contribution in [0.25, 0.3) is 11.3 Å². The number of rotatable bonds is 4. The molecule has 90 valence electrons. The van der Waals surface area contributed by atoms with Crippen LogP contribution in [0.15, 0.2) is 28.7 Å². The molecule has 2 N–H and O–H groups in total. The number of benzene rings is 1. The number of hydrogen-bond donors (Lipinski definition) is 1. The van der Waals surface area contributed by atoms with Gasteiger partial charge in [-0.2, -0.15) is 4.98 Å². The molecule has 17 heavy (non-hydrogen) atoms. The molecule has 0 fully saturated rings. The van der Waals surface area contributed by atoms with Gasteiger partial charge in [0.2, 0.25) is 0 Å². The smallest absolute Gasteiger partial charge is 0.292 e. The van der Waals surface area contributed by atoms with E-state index in [0.717, 1.165) is 29.2 Å². The van der Waals surface area contributed by atoms with Crippen LogP contribution in [0.5, 0.6) is 5.75 Å². The average Bonchev–Trinajstić information content (AvgIpc) is 2.72. The molecule has 1 heterocycles. The monoisotopic (exact) mass is 232 g/mol. The first kappa shape index (κ1) is 11.5. The highest BCUT2D eigenvalue weighted by atomic mass is 16.5. The molecule has 4 heteroatoms. The second-order valence-corrected chi connectivity index (χ2v) is 3.63. The zero-order chi connectivity index (χ0) is 12.3. The topological polar surface area (TPSA) is 61.3 Å². The van der Waals surface area contributed by atoms with Crippen LogP contribution >= 0.6 is 0 Å². The number of nitrogen functional groups attached to an aromatic ring is 1. The molecule has 0 radical (unpaired) electrons. The summed E-state index contributed by atoms with van der Waals surface area (Å²) < 4.78 is 10.7. The Balaban J connectivity index is 2.32. The molecule has 0 atom stereocenters. The molecule has 2 rings (SSSR count). The lowest BCUT2D eigenvalue weighted by Crippen LogP contribution is -1.91. The minimum absolute atomic E-state index is 0.214. The van der Waals surface area contributed by atoms with E-state index in [1.54, 1.807) is 0 Å². The predicted octanol–water partition coefficient (Wildman–Crippen LogP) is 2.88. The quantitative estimate of drug-likeness (QED) is 0.880. The molecule has 0 aliphatic rings. The van der Waals surface area contributed by atoms with E-state index in [1.165, 1.54) is 0 Å². The molecular formula is C13H16N2O2. The molecule has 0 aliphatic carbocycles. The highest BCUT2D eigenvalue weighted by molar-refractivity contribution is 5.63. The lowest BCUT2D eigenvalue weighted by molar-refractivity contribution is 0.340. The summed E-state index contributed by atoms with van der Waals surface area (Å²) in [6.45, 7) is 4.63. The molecule has 1 aromatic heterocycles. The van der Waals surface area contributed by atoms with Crippen molar-refractivity contribution < 1.29 is 9.15 Å². The minimum atomic E-state index is 0.214. The second kappa shape index (κ2) is 4.91. The summed E-state index contributed by atoms with van der Waals surface area (Å²) in [4.78, 5) is 4.20. The van der Waals surface area contributed by atoms with Crippen molar-refractivity contribution in [2.75, 3.05) is 12.3 Å². The largest absolute Gasteiger partial charge is 0.494 e. The van der Waals surface area contributed by atoms with Gasteiger partial charge in [0.1, 0.15) is 17.2 Å². The summed E-state index contributed by atoms with van der Waals surface area (Å²) in [5.41, 5.74) is 7.37. The van der Waals surface area contributed by atoms with E-state index in [2.05, 4.69) is 4.98 Å². The maximum atomic E-state index is 5.57. The van der Waals surface area contributed by atoms with Crippen molar-refractivity contribution in [3.8, 4) is 17.0 Å². The number of oxazole rings is 1. The van der Waals surface area contributed by atoms with Crippen molar-refractivity contribution in [1.82, 2.24) is 4.98 Å². The molecular weight excluding hydrogens is 216 g/mol. The van der Waals surface area contributed by atoms with Crippen molar-refractivity contribution in [1.29, 1.82) is 0 Å². The first-order valence-corrected chi connectivity index (χ1v) is 5.73. The van der Waals surface area contributed by atoms with Gasteiger partial charge >= 0.3 is 0 Å². The number of anilines is 1. The molecule has 0 spiro atoms. The van der Waals surface area contributed by atoms with E-state index >= 15 is 0 Å². The molecule has 0 aliphatic heterocycles. The summed E-state index contributed by atoms with van der Waals surface area (Å²) >= 11 is 0. The molecule has 0 amide bonds. The van der Waals surface area contributed by atoms with Crippen molar-refractivity contribution >= 4 is 6.01 Å². The van der Waals surface area contributed by atoms with E-state index in [1.807, 2.05) is 38.1 Å². The van der Waals surface area contributed by atoms with Crippen molar-refractivity contribution in [3.05, 3.63) is 30.0 Å². The number of nitrogens with two attached hydrogens (primary N) is 1. The lowest BCUT2D eigenvalue weighted by Gasteiger charge is -2.03. The van der Waals surface area contributed by atoms with Gasteiger partial charge in [0.15, 0.2) is 0 Å². The normalized spacial score (nSPS) is 10.5. The molecule has 0 saturated heterocycles. The van der Waals surface area contributed by atoms with Crippen LogP contribution in [0.2, 0.25) is 0 Å². The SMILES string of the molecule is CCOc1ccc(-c2nc(N)oc2CC)cc1. The third-order valence-corrected chi connectivity index (χ3v) is 2.47. The van der Waals surface area contributed by atoms with Gasteiger partial charge in [-0.25, -0.2) is 0 Å². The van der Waals surface area contributed by atoms with Crippen LogP contribution in [0.4, 0.5) is 6.01 Å². The van der Waals surface area contributed by atoms with Crippen molar-refractivity contribution in [2.45, 2.75) is 20.3 Å². The van der Waals surface area contributed by atoms with Gasteiger partial charge < -0.3 is 14.9 Å². The second-order valence-electron chi connectivity index (χ2n) is 3.63. The fraction of sp³-hybridized carbons (Fsp3) is 0.308. The van der Waals surface area contributed by atoms with Gasteiger partial charge in [0.25, 0.3) is 6.01 Å². The van der Waals surface area contributed by atoms with Crippen molar-refractivity contribution in [3.63, 3.8) is 0 Å². The predicted molar refractivity (Wildman–Crippen MR) is 66.9 cm³/mol. The Bertz CT molecular complexity index is 489. The zero-order valence-corrected chi connectivity index (χ0v) is 10.1. The first-order chi connectivity index (χ1) is 8.24. The van der Waals surface area contributed by atoms with Crippen LogP contribution in [0.3, 0.4) is 0 Å².